The Labute approximate surface area is 165 Å². The normalized spacial score (nSPS) is 19.1. The predicted octanol–water partition coefficient (Wildman–Crippen LogP) is 5.48. The third-order valence-electron chi connectivity index (χ3n) is 5.94. The second-order valence-corrected chi connectivity index (χ2v) is 8.74. The summed E-state index contributed by atoms with van der Waals surface area (Å²) in [5.41, 5.74) is 4.19. The molecule has 0 N–H and O–H groups in total. The topological polar surface area (TPSA) is 12.5 Å². The number of hydrogen-bond acceptors (Lipinski definition) is 3. The first-order chi connectivity index (χ1) is 13.3. The van der Waals surface area contributed by atoms with Crippen LogP contribution >= 0.6 is 11.3 Å². The van der Waals surface area contributed by atoms with E-state index in [9.17, 15) is 0 Å². The standard InChI is InChI=1S/C24H25NOS/c1-3-7-19(8-4-1)18-25-14-12-24(13-15-25)23-21(11-16-26-24)17-22(27-23)20-9-5-2-6-10-20/h1-10,17H,11-16,18H2. The molecule has 0 bridgehead atoms. The van der Waals surface area contributed by atoms with Gasteiger partial charge in [-0.25, -0.2) is 0 Å². The van der Waals surface area contributed by atoms with E-state index in [-0.39, 0.29) is 5.60 Å². The van der Waals surface area contributed by atoms with Gasteiger partial charge in [0.15, 0.2) is 0 Å². The van der Waals surface area contributed by atoms with Gasteiger partial charge in [-0.2, -0.15) is 0 Å². The van der Waals surface area contributed by atoms with Gasteiger partial charge in [-0.05, 0) is 42.0 Å². The molecule has 1 aromatic heterocycles. The Bertz CT molecular complexity index is 895. The quantitative estimate of drug-likeness (QED) is 0.601. The van der Waals surface area contributed by atoms with Crippen molar-refractivity contribution in [2.75, 3.05) is 19.7 Å². The Morgan fingerprint density at radius 2 is 1.63 bits per heavy atom. The Kier molecular flexibility index (Phi) is 4.60. The predicted molar refractivity (Wildman–Crippen MR) is 112 cm³/mol. The van der Waals surface area contributed by atoms with Gasteiger partial charge in [0.2, 0.25) is 0 Å². The summed E-state index contributed by atoms with van der Waals surface area (Å²) in [4.78, 5) is 5.45. The average Bonchev–Trinajstić information content (AvgIpc) is 3.18. The van der Waals surface area contributed by atoms with Crippen LogP contribution in [-0.2, 0) is 23.3 Å². The van der Waals surface area contributed by atoms with Crippen molar-refractivity contribution in [3.05, 3.63) is 82.7 Å². The maximum Gasteiger partial charge on any atom is 0.105 e. The highest BCUT2D eigenvalue weighted by atomic mass is 32.1. The summed E-state index contributed by atoms with van der Waals surface area (Å²) >= 11 is 1.96. The lowest BCUT2D eigenvalue weighted by atomic mass is 9.85. The van der Waals surface area contributed by atoms with E-state index in [0.29, 0.717) is 0 Å². The number of hydrogen-bond donors (Lipinski definition) is 0. The second kappa shape index (κ2) is 7.23. The summed E-state index contributed by atoms with van der Waals surface area (Å²) in [6, 6.07) is 24.0. The van der Waals surface area contributed by atoms with Gasteiger partial charge in [0, 0.05) is 29.4 Å². The molecule has 2 aromatic carbocycles. The number of piperidine rings is 1. The summed E-state index contributed by atoms with van der Waals surface area (Å²) in [6.45, 7) is 4.11. The van der Waals surface area contributed by atoms with Gasteiger partial charge in [0.05, 0.1) is 6.61 Å². The molecule has 2 aliphatic heterocycles. The minimum absolute atomic E-state index is 0.0571. The van der Waals surface area contributed by atoms with E-state index in [4.69, 9.17) is 4.74 Å². The molecule has 3 heteroatoms. The van der Waals surface area contributed by atoms with Crippen LogP contribution in [-0.4, -0.2) is 24.6 Å². The lowest BCUT2D eigenvalue weighted by molar-refractivity contribution is -0.0960. The number of nitrogens with zero attached hydrogens (tertiary/aromatic N) is 1. The third-order valence-corrected chi connectivity index (χ3v) is 7.36. The Hall–Kier alpha value is -1.94. The molecule has 0 atom stereocenters. The molecule has 5 rings (SSSR count). The van der Waals surface area contributed by atoms with Gasteiger partial charge in [-0.15, -0.1) is 11.3 Å². The molecule has 3 aromatic rings. The lowest BCUT2D eigenvalue weighted by Gasteiger charge is -2.43. The largest absolute Gasteiger partial charge is 0.369 e. The number of benzene rings is 2. The highest BCUT2D eigenvalue weighted by Crippen LogP contribution is 2.47. The van der Waals surface area contributed by atoms with Gasteiger partial charge in [0.1, 0.15) is 5.60 Å². The van der Waals surface area contributed by atoms with E-state index >= 15 is 0 Å². The van der Waals surface area contributed by atoms with Crippen molar-refractivity contribution in [1.29, 1.82) is 0 Å². The fourth-order valence-corrected chi connectivity index (χ4v) is 5.87. The molecule has 1 saturated heterocycles. The number of rotatable bonds is 3. The molecule has 2 aliphatic rings. The molecule has 27 heavy (non-hydrogen) atoms. The van der Waals surface area contributed by atoms with Crippen LogP contribution < -0.4 is 0 Å². The maximum atomic E-state index is 6.46. The third kappa shape index (κ3) is 3.36. The average molecular weight is 376 g/mol. The smallest absolute Gasteiger partial charge is 0.105 e. The maximum absolute atomic E-state index is 6.46. The Morgan fingerprint density at radius 1 is 0.926 bits per heavy atom. The van der Waals surface area contributed by atoms with E-state index in [2.05, 4.69) is 71.6 Å². The first-order valence-electron chi connectivity index (χ1n) is 9.91. The zero-order chi connectivity index (χ0) is 18.1. The van der Waals surface area contributed by atoms with E-state index in [1.54, 1.807) is 0 Å². The van der Waals surface area contributed by atoms with Crippen LogP contribution in [0, 0.1) is 0 Å². The monoisotopic (exact) mass is 375 g/mol. The zero-order valence-corrected chi connectivity index (χ0v) is 16.4. The summed E-state index contributed by atoms with van der Waals surface area (Å²) in [5.74, 6) is 0. The minimum Gasteiger partial charge on any atom is -0.369 e. The van der Waals surface area contributed by atoms with Crippen LogP contribution in [0.3, 0.4) is 0 Å². The molecule has 2 nitrogen and oxygen atoms in total. The van der Waals surface area contributed by atoms with Crippen LogP contribution in [0.15, 0.2) is 66.7 Å². The van der Waals surface area contributed by atoms with Crippen molar-refractivity contribution < 1.29 is 4.74 Å². The van der Waals surface area contributed by atoms with E-state index in [0.717, 1.165) is 45.5 Å². The zero-order valence-electron chi connectivity index (χ0n) is 15.6. The van der Waals surface area contributed by atoms with Crippen LogP contribution in [0.1, 0.15) is 28.8 Å². The second-order valence-electron chi connectivity index (χ2n) is 7.69. The lowest BCUT2D eigenvalue weighted by Crippen LogP contribution is -2.45. The van der Waals surface area contributed by atoms with Crippen molar-refractivity contribution in [2.24, 2.45) is 0 Å². The fourth-order valence-electron chi connectivity index (χ4n) is 4.45. The van der Waals surface area contributed by atoms with Crippen molar-refractivity contribution >= 4 is 11.3 Å². The summed E-state index contributed by atoms with van der Waals surface area (Å²) in [7, 11) is 0. The molecular weight excluding hydrogens is 350 g/mol. The van der Waals surface area contributed by atoms with E-state index in [1.165, 1.54) is 26.4 Å². The van der Waals surface area contributed by atoms with Gasteiger partial charge < -0.3 is 4.74 Å². The molecule has 1 fully saturated rings. The molecule has 0 saturated carbocycles. The van der Waals surface area contributed by atoms with Gasteiger partial charge in [0.25, 0.3) is 0 Å². The summed E-state index contributed by atoms with van der Waals surface area (Å²) < 4.78 is 6.46. The first-order valence-corrected chi connectivity index (χ1v) is 10.7. The molecule has 0 radical (unpaired) electrons. The summed E-state index contributed by atoms with van der Waals surface area (Å²) in [6.07, 6.45) is 3.25. The van der Waals surface area contributed by atoms with Crippen molar-refractivity contribution in [3.63, 3.8) is 0 Å². The highest BCUT2D eigenvalue weighted by Gasteiger charge is 2.42. The molecule has 1 spiro atoms. The fraction of sp³-hybridized carbons (Fsp3) is 0.333. The molecule has 0 amide bonds. The first kappa shape index (κ1) is 17.2. The van der Waals surface area contributed by atoms with Gasteiger partial charge in [-0.1, -0.05) is 60.7 Å². The highest BCUT2D eigenvalue weighted by molar-refractivity contribution is 7.15. The van der Waals surface area contributed by atoms with Crippen molar-refractivity contribution in [2.45, 2.75) is 31.4 Å². The van der Waals surface area contributed by atoms with Crippen LogP contribution in [0.5, 0.6) is 0 Å². The van der Waals surface area contributed by atoms with Crippen LogP contribution in [0.25, 0.3) is 10.4 Å². The van der Waals surface area contributed by atoms with E-state index < -0.39 is 0 Å². The molecular formula is C24H25NOS. The molecule has 138 valence electrons. The number of ether oxygens (including phenoxy) is 1. The van der Waals surface area contributed by atoms with Gasteiger partial charge in [-0.3, -0.25) is 4.90 Å². The minimum atomic E-state index is -0.0571. The Balaban J connectivity index is 1.36. The van der Waals surface area contributed by atoms with Crippen molar-refractivity contribution in [3.8, 4) is 10.4 Å². The molecule has 3 heterocycles. The Morgan fingerprint density at radius 3 is 2.37 bits per heavy atom. The molecule has 0 unspecified atom stereocenters. The number of thiophene rings is 1. The number of likely N-dealkylation sites (tertiary alicyclic amines) is 1. The van der Waals surface area contributed by atoms with Crippen LogP contribution in [0.4, 0.5) is 0 Å². The SMILES string of the molecule is c1ccc(CN2CCC3(CC2)OCCc2cc(-c4ccccc4)sc23)cc1. The number of fused-ring (bicyclic) bond motifs is 2. The van der Waals surface area contributed by atoms with Gasteiger partial charge >= 0.3 is 0 Å². The van der Waals surface area contributed by atoms with Crippen LogP contribution in [0.2, 0.25) is 0 Å². The molecule has 0 aliphatic carbocycles. The van der Waals surface area contributed by atoms with Crippen molar-refractivity contribution in [1.82, 2.24) is 4.90 Å². The summed E-state index contributed by atoms with van der Waals surface area (Å²) in [5, 5.41) is 0. The van der Waals surface area contributed by atoms with E-state index in [1.807, 2.05) is 11.3 Å².